The van der Waals surface area contributed by atoms with Crippen molar-refractivity contribution in [2.75, 3.05) is 27.7 Å². The van der Waals surface area contributed by atoms with Crippen molar-refractivity contribution in [3.63, 3.8) is 0 Å². The number of guanidine groups is 1. The molecule has 2 fully saturated rings. The van der Waals surface area contributed by atoms with Gasteiger partial charge in [0.05, 0.1) is 6.10 Å². The Morgan fingerprint density at radius 1 is 1.27 bits per heavy atom. The number of hydrogen-bond donors (Lipinski definition) is 2. The largest absolute Gasteiger partial charge is 0.375 e. The number of rotatable bonds is 5. The highest BCUT2D eigenvalue weighted by Gasteiger charge is 2.36. The lowest BCUT2D eigenvalue weighted by Crippen LogP contribution is -2.56. The van der Waals surface area contributed by atoms with Gasteiger partial charge in [0, 0.05) is 38.8 Å². The van der Waals surface area contributed by atoms with E-state index in [1.165, 1.54) is 44.2 Å². The second kappa shape index (κ2) is 8.82. The Morgan fingerprint density at radius 2 is 1.92 bits per heavy atom. The van der Waals surface area contributed by atoms with Gasteiger partial charge < -0.3 is 20.3 Å². The van der Waals surface area contributed by atoms with Crippen LogP contribution in [0.5, 0.6) is 0 Å². The maximum atomic E-state index is 13.1. The lowest BCUT2D eigenvalue weighted by Gasteiger charge is -2.47. The van der Waals surface area contributed by atoms with Crippen LogP contribution in [0.25, 0.3) is 0 Å². The van der Waals surface area contributed by atoms with Crippen molar-refractivity contribution in [1.29, 1.82) is 0 Å². The molecule has 6 heteroatoms. The fourth-order valence-corrected chi connectivity index (χ4v) is 4.33. The molecule has 0 aromatic heterocycles. The van der Waals surface area contributed by atoms with Gasteiger partial charge in [-0.3, -0.25) is 4.99 Å². The van der Waals surface area contributed by atoms with Crippen LogP contribution in [0.2, 0.25) is 0 Å². The average molecular weight is 362 g/mol. The summed E-state index contributed by atoms with van der Waals surface area (Å²) in [5.41, 5.74) is 0.950. The lowest BCUT2D eigenvalue weighted by atomic mass is 9.82. The van der Waals surface area contributed by atoms with E-state index in [2.05, 4.69) is 27.6 Å². The van der Waals surface area contributed by atoms with Crippen LogP contribution in [-0.4, -0.2) is 56.7 Å². The van der Waals surface area contributed by atoms with Crippen LogP contribution in [-0.2, 0) is 4.74 Å². The highest BCUT2D eigenvalue weighted by atomic mass is 19.1. The number of benzene rings is 1. The number of ether oxygens (including phenoxy) is 1. The zero-order valence-corrected chi connectivity index (χ0v) is 16.0. The van der Waals surface area contributed by atoms with E-state index in [0.29, 0.717) is 24.7 Å². The van der Waals surface area contributed by atoms with E-state index in [0.717, 1.165) is 11.5 Å². The molecule has 1 aromatic rings. The summed E-state index contributed by atoms with van der Waals surface area (Å²) in [6, 6.07) is 8.28. The minimum Gasteiger partial charge on any atom is -0.375 e. The first-order chi connectivity index (χ1) is 12.6. The van der Waals surface area contributed by atoms with Gasteiger partial charge in [0.15, 0.2) is 5.96 Å². The van der Waals surface area contributed by atoms with E-state index in [9.17, 15) is 4.39 Å². The summed E-state index contributed by atoms with van der Waals surface area (Å²) in [5.74, 6) is 0.573. The molecule has 0 spiro atoms. The zero-order chi connectivity index (χ0) is 18.5. The van der Waals surface area contributed by atoms with Gasteiger partial charge in [-0.2, -0.15) is 0 Å². The molecule has 3 atom stereocenters. The summed E-state index contributed by atoms with van der Waals surface area (Å²) >= 11 is 0. The van der Waals surface area contributed by atoms with Gasteiger partial charge in [-0.05, 0) is 50.4 Å². The van der Waals surface area contributed by atoms with Crippen molar-refractivity contribution in [1.82, 2.24) is 15.5 Å². The predicted molar refractivity (Wildman–Crippen MR) is 103 cm³/mol. The minimum atomic E-state index is -0.234. The number of hydrogen-bond acceptors (Lipinski definition) is 3. The van der Waals surface area contributed by atoms with Gasteiger partial charge in [0.2, 0.25) is 0 Å². The van der Waals surface area contributed by atoms with Crippen LogP contribution >= 0.6 is 0 Å². The molecule has 0 saturated carbocycles. The third kappa shape index (κ3) is 4.54. The third-order valence-electron chi connectivity index (χ3n) is 5.89. The van der Waals surface area contributed by atoms with Gasteiger partial charge in [-0.1, -0.05) is 18.6 Å². The summed E-state index contributed by atoms with van der Waals surface area (Å²) in [5, 5.41) is 6.96. The van der Waals surface area contributed by atoms with Crippen LogP contribution < -0.4 is 10.6 Å². The lowest BCUT2D eigenvalue weighted by molar-refractivity contribution is 0.0525. The number of fused-ring (bicyclic) bond motifs is 2. The zero-order valence-electron chi connectivity index (χ0n) is 16.0. The molecule has 5 nitrogen and oxygen atoms in total. The Labute approximate surface area is 156 Å². The SMILES string of the molecule is CN=C(NCC(OC)c1ccc(F)cc1)NC1CC2CCCC(C1)N2C. The molecule has 0 amide bonds. The van der Waals surface area contributed by atoms with E-state index in [1.807, 2.05) is 0 Å². The first-order valence-corrected chi connectivity index (χ1v) is 9.58. The molecule has 2 aliphatic heterocycles. The number of aliphatic imine (C=N–C) groups is 1. The molecule has 26 heavy (non-hydrogen) atoms. The van der Waals surface area contributed by atoms with Gasteiger partial charge >= 0.3 is 0 Å². The summed E-state index contributed by atoms with van der Waals surface area (Å²) in [7, 11) is 5.73. The molecule has 2 saturated heterocycles. The standard InChI is InChI=1S/C20H31FN4O/c1-22-20(23-13-19(26-3)14-7-9-15(21)10-8-14)24-16-11-17-5-4-6-18(12-16)25(17)2/h7-10,16-19H,4-6,11-13H2,1-3H3,(H2,22,23,24). The van der Waals surface area contributed by atoms with Crippen molar-refractivity contribution in [2.24, 2.45) is 4.99 Å². The molecule has 144 valence electrons. The molecule has 2 bridgehead atoms. The van der Waals surface area contributed by atoms with E-state index in [1.54, 1.807) is 26.3 Å². The van der Waals surface area contributed by atoms with Gasteiger partial charge in [0.1, 0.15) is 5.82 Å². The van der Waals surface area contributed by atoms with E-state index >= 15 is 0 Å². The van der Waals surface area contributed by atoms with Crippen molar-refractivity contribution >= 4 is 5.96 Å². The Bertz CT molecular complexity index is 592. The van der Waals surface area contributed by atoms with Crippen LogP contribution in [0.4, 0.5) is 4.39 Å². The normalized spacial score (nSPS) is 27.8. The smallest absolute Gasteiger partial charge is 0.191 e. The molecule has 1 aromatic carbocycles. The second-order valence-electron chi connectivity index (χ2n) is 7.45. The minimum absolute atomic E-state index is 0.147. The van der Waals surface area contributed by atoms with E-state index in [-0.39, 0.29) is 11.9 Å². The molecule has 0 aliphatic carbocycles. The summed E-state index contributed by atoms with van der Waals surface area (Å²) in [6.07, 6.45) is 6.14. The third-order valence-corrected chi connectivity index (χ3v) is 5.89. The molecule has 0 radical (unpaired) electrons. The van der Waals surface area contributed by atoms with Crippen molar-refractivity contribution in [2.45, 2.75) is 56.3 Å². The monoisotopic (exact) mass is 362 g/mol. The van der Waals surface area contributed by atoms with Gasteiger partial charge in [-0.15, -0.1) is 0 Å². The van der Waals surface area contributed by atoms with Crippen molar-refractivity contribution < 1.29 is 9.13 Å². The molecule has 2 heterocycles. The first kappa shape index (κ1) is 19.1. The fraction of sp³-hybridized carbons (Fsp3) is 0.650. The van der Waals surface area contributed by atoms with E-state index in [4.69, 9.17) is 4.74 Å². The quantitative estimate of drug-likeness (QED) is 0.625. The second-order valence-corrected chi connectivity index (χ2v) is 7.45. The summed E-state index contributed by atoms with van der Waals surface area (Å²) < 4.78 is 18.7. The number of methoxy groups -OCH3 is 1. The fourth-order valence-electron chi connectivity index (χ4n) is 4.33. The van der Waals surface area contributed by atoms with Crippen LogP contribution in [0, 0.1) is 5.82 Å². The van der Waals surface area contributed by atoms with Crippen LogP contribution in [0.3, 0.4) is 0 Å². The number of nitrogens with one attached hydrogen (secondary N) is 2. The Hall–Kier alpha value is -1.66. The Balaban J connectivity index is 1.53. The molecule has 2 aliphatic rings. The van der Waals surface area contributed by atoms with Gasteiger partial charge in [0.25, 0.3) is 0 Å². The summed E-state index contributed by atoms with van der Waals surface area (Å²) in [4.78, 5) is 6.94. The van der Waals surface area contributed by atoms with E-state index < -0.39 is 0 Å². The predicted octanol–water partition coefficient (Wildman–Crippen LogP) is 2.69. The number of halogens is 1. The van der Waals surface area contributed by atoms with Gasteiger partial charge in [-0.25, -0.2) is 4.39 Å². The molecule has 3 rings (SSSR count). The highest BCUT2D eigenvalue weighted by molar-refractivity contribution is 5.80. The molecular formula is C20H31FN4O. The topological polar surface area (TPSA) is 48.9 Å². The molecule has 3 unspecified atom stereocenters. The summed E-state index contributed by atoms with van der Waals surface area (Å²) in [6.45, 7) is 0.585. The van der Waals surface area contributed by atoms with Crippen molar-refractivity contribution in [3.8, 4) is 0 Å². The highest BCUT2D eigenvalue weighted by Crippen LogP contribution is 2.32. The molecule has 2 N–H and O–H groups in total. The Kier molecular flexibility index (Phi) is 6.48. The van der Waals surface area contributed by atoms with Crippen molar-refractivity contribution in [3.05, 3.63) is 35.6 Å². The number of piperidine rings is 2. The maximum Gasteiger partial charge on any atom is 0.191 e. The molecular weight excluding hydrogens is 331 g/mol. The first-order valence-electron chi connectivity index (χ1n) is 9.58. The number of nitrogens with zero attached hydrogens (tertiary/aromatic N) is 2. The van der Waals surface area contributed by atoms with Crippen LogP contribution in [0.15, 0.2) is 29.3 Å². The average Bonchev–Trinajstić information content (AvgIpc) is 2.63. The maximum absolute atomic E-state index is 13.1. The Morgan fingerprint density at radius 3 is 2.50 bits per heavy atom. The van der Waals surface area contributed by atoms with Crippen LogP contribution in [0.1, 0.15) is 43.8 Å².